The Morgan fingerprint density at radius 2 is 2.05 bits per heavy atom. The molecule has 2 aromatic rings. The first kappa shape index (κ1) is 13.4. The first-order valence-corrected chi connectivity index (χ1v) is 6.52. The number of anilines is 1. The van der Waals surface area contributed by atoms with Gasteiger partial charge in [-0.05, 0) is 29.7 Å². The number of nitrogens with one attached hydrogen (secondary N) is 1. The van der Waals surface area contributed by atoms with Crippen LogP contribution in [0.15, 0.2) is 42.6 Å². The highest BCUT2D eigenvalue weighted by Crippen LogP contribution is 2.20. The summed E-state index contributed by atoms with van der Waals surface area (Å²) in [5.41, 5.74) is 3.51. The largest absolute Gasteiger partial charge is 0.481 e. The van der Waals surface area contributed by atoms with E-state index in [-0.39, 0.29) is 0 Å². The van der Waals surface area contributed by atoms with Crippen LogP contribution in [0.1, 0.15) is 30.9 Å². The molecule has 0 fully saturated rings. The van der Waals surface area contributed by atoms with Crippen molar-refractivity contribution in [1.29, 1.82) is 0 Å². The maximum Gasteiger partial charge on any atom is 0.218 e. The number of hydrogen-bond donors (Lipinski definition) is 1. The van der Waals surface area contributed by atoms with Crippen molar-refractivity contribution in [2.45, 2.75) is 26.3 Å². The highest BCUT2D eigenvalue weighted by molar-refractivity contribution is 5.47. The van der Waals surface area contributed by atoms with Gasteiger partial charge in [-0.15, -0.1) is 0 Å². The molecule has 0 aliphatic rings. The van der Waals surface area contributed by atoms with Gasteiger partial charge in [0.05, 0.1) is 7.11 Å². The van der Waals surface area contributed by atoms with Crippen molar-refractivity contribution in [1.82, 2.24) is 4.98 Å². The summed E-state index contributed by atoms with van der Waals surface area (Å²) in [6.07, 6.45) is 1.74. The van der Waals surface area contributed by atoms with E-state index < -0.39 is 0 Å². The van der Waals surface area contributed by atoms with Crippen molar-refractivity contribution in [3.63, 3.8) is 0 Å². The van der Waals surface area contributed by atoms with E-state index in [4.69, 9.17) is 4.74 Å². The van der Waals surface area contributed by atoms with E-state index in [0.717, 1.165) is 11.3 Å². The van der Waals surface area contributed by atoms with E-state index in [0.29, 0.717) is 18.3 Å². The number of nitrogens with zero attached hydrogens (tertiary/aromatic N) is 1. The molecule has 0 spiro atoms. The molecule has 0 saturated carbocycles. The van der Waals surface area contributed by atoms with E-state index in [1.807, 2.05) is 12.1 Å². The first-order chi connectivity index (χ1) is 9.20. The molecule has 100 valence electrons. The zero-order chi connectivity index (χ0) is 13.7. The van der Waals surface area contributed by atoms with Gasteiger partial charge >= 0.3 is 0 Å². The standard InChI is InChI=1S/C16H20N2O/c1-12(2)13-6-4-8-15(10-13)18-11-14-7-5-9-17-16(14)19-3/h4-10,12,18H,11H2,1-3H3. The van der Waals surface area contributed by atoms with E-state index >= 15 is 0 Å². The van der Waals surface area contributed by atoms with Gasteiger partial charge in [-0.25, -0.2) is 4.98 Å². The minimum atomic E-state index is 0.537. The summed E-state index contributed by atoms with van der Waals surface area (Å²) in [6, 6.07) is 12.4. The molecule has 3 heteroatoms. The molecule has 19 heavy (non-hydrogen) atoms. The van der Waals surface area contributed by atoms with Crippen molar-refractivity contribution in [3.8, 4) is 5.88 Å². The van der Waals surface area contributed by atoms with Crippen LogP contribution in [-0.2, 0) is 6.54 Å². The molecule has 0 saturated heterocycles. The molecule has 0 aliphatic carbocycles. The van der Waals surface area contributed by atoms with Crippen LogP contribution in [0, 0.1) is 0 Å². The lowest BCUT2D eigenvalue weighted by Crippen LogP contribution is -2.03. The minimum absolute atomic E-state index is 0.537. The lowest BCUT2D eigenvalue weighted by Gasteiger charge is -2.11. The normalized spacial score (nSPS) is 10.5. The van der Waals surface area contributed by atoms with Crippen LogP contribution in [0.3, 0.4) is 0 Å². The first-order valence-electron chi connectivity index (χ1n) is 6.52. The fraction of sp³-hybridized carbons (Fsp3) is 0.312. The molecule has 1 aromatic carbocycles. The maximum atomic E-state index is 5.24. The van der Waals surface area contributed by atoms with Crippen molar-refractivity contribution >= 4 is 5.69 Å². The Balaban J connectivity index is 2.08. The number of pyridine rings is 1. The topological polar surface area (TPSA) is 34.1 Å². The van der Waals surface area contributed by atoms with Crippen LogP contribution in [0.25, 0.3) is 0 Å². The van der Waals surface area contributed by atoms with Gasteiger partial charge in [-0.3, -0.25) is 0 Å². The van der Waals surface area contributed by atoms with Crippen molar-refractivity contribution in [3.05, 3.63) is 53.7 Å². The van der Waals surface area contributed by atoms with Gasteiger partial charge in [-0.1, -0.05) is 32.0 Å². The molecule has 3 nitrogen and oxygen atoms in total. The fourth-order valence-electron chi connectivity index (χ4n) is 1.95. The molecule has 0 radical (unpaired) electrons. The third-order valence-corrected chi connectivity index (χ3v) is 3.08. The molecule has 0 unspecified atom stereocenters. The van der Waals surface area contributed by atoms with Crippen LogP contribution in [-0.4, -0.2) is 12.1 Å². The number of hydrogen-bond acceptors (Lipinski definition) is 3. The van der Waals surface area contributed by atoms with Crippen molar-refractivity contribution in [2.24, 2.45) is 0 Å². The average Bonchev–Trinajstić information content (AvgIpc) is 2.45. The number of methoxy groups -OCH3 is 1. The van der Waals surface area contributed by atoms with Crippen LogP contribution in [0.4, 0.5) is 5.69 Å². The second kappa shape index (κ2) is 6.23. The number of ether oxygens (including phenoxy) is 1. The lowest BCUT2D eigenvalue weighted by atomic mass is 10.0. The third-order valence-electron chi connectivity index (χ3n) is 3.08. The lowest BCUT2D eigenvalue weighted by molar-refractivity contribution is 0.393. The molecule has 1 aromatic heterocycles. The summed E-state index contributed by atoms with van der Waals surface area (Å²) in [6.45, 7) is 5.10. The Hall–Kier alpha value is -2.03. The molecule has 0 amide bonds. The van der Waals surface area contributed by atoms with Crippen LogP contribution < -0.4 is 10.1 Å². The Bertz CT molecular complexity index is 538. The quantitative estimate of drug-likeness (QED) is 0.883. The highest BCUT2D eigenvalue weighted by atomic mass is 16.5. The monoisotopic (exact) mass is 256 g/mol. The molecular weight excluding hydrogens is 236 g/mol. The minimum Gasteiger partial charge on any atom is -0.481 e. The van der Waals surface area contributed by atoms with E-state index in [1.54, 1.807) is 13.3 Å². The molecule has 1 N–H and O–H groups in total. The fourth-order valence-corrected chi connectivity index (χ4v) is 1.95. The average molecular weight is 256 g/mol. The highest BCUT2D eigenvalue weighted by Gasteiger charge is 2.04. The smallest absolute Gasteiger partial charge is 0.218 e. The number of aromatic nitrogens is 1. The Kier molecular flexibility index (Phi) is 4.39. The number of rotatable bonds is 5. The Labute approximate surface area is 114 Å². The van der Waals surface area contributed by atoms with Crippen LogP contribution >= 0.6 is 0 Å². The predicted molar refractivity (Wildman–Crippen MR) is 78.6 cm³/mol. The van der Waals surface area contributed by atoms with E-state index in [9.17, 15) is 0 Å². The zero-order valence-electron chi connectivity index (χ0n) is 11.7. The van der Waals surface area contributed by atoms with Gasteiger partial charge in [0.15, 0.2) is 0 Å². The maximum absolute atomic E-state index is 5.24. The van der Waals surface area contributed by atoms with Gasteiger partial charge in [0, 0.05) is 24.0 Å². The van der Waals surface area contributed by atoms with Crippen LogP contribution in [0.2, 0.25) is 0 Å². The van der Waals surface area contributed by atoms with Gasteiger partial charge < -0.3 is 10.1 Å². The summed E-state index contributed by atoms with van der Waals surface area (Å²) >= 11 is 0. The predicted octanol–water partition coefficient (Wildman–Crippen LogP) is 3.83. The number of benzene rings is 1. The van der Waals surface area contributed by atoms with Crippen molar-refractivity contribution in [2.75, 3.05) is 12.4 Å². The van der Waals surface area contributed by atoms with E-state index in [2.05, 4.69) is 48.4 Å². The Morgan fingerprint density at radius 1 is 1.21 bits per heavy atom. The summed E-state index contributed by atoms with van der Waals surface area (Å²) in [5.74, 6) is 1.21. The molecule has 1 heterocycles. The van der Waals surface area contributed by atoms with Gasteiger partial charge in [0.1, 0.15) is 0 Å². The zero-order valence-corrected chi connectivity index (χ0v) is 11.7. The van der Waals surface area contributed by atoms with Gasteiger partial charge in [0.25, 0.3) is 0 Å². The second-order valence-electron chi connectivity index (χ2n) is 4.81. The molecule has 0 atom stereocenters. The summed E-state index contributed by atoms with van der Waals surface area (Å²) in [5, 5.41) is 3.41. The summed E-state index contributed by atoms with van der Waals surface area (Å²) in [7, 11) is 1.64. The summed E-state index contributed by atoms with van der Waals surface area (Å²) < 4.78 is 5.24. The van der Waals surface area contributed by atoms with Crippen LogP contribution in [0.5, 0.6) is 5.88 Å². The van der Waals surface area contributed by atoms with E-state index in [1.165, 1.54) is 5.56 Å². The van der Waals surface area contributed by atoms with Crippen molar-refractivity contribution < 1.29 is 4.74 Å². The summed E-state index contributed by atoms with van der Waals surface area (Å²) in [4.78, 5) is 4.19. The molecule has 0 aliphatic heterocycles. The third kappa shape index (κ3) is 3.47. The SMILES string of the molecule is COc1ncccc1CNc1cccc(C(C)C)c1. The molecule has 2 rings (SSSR count). The van der Waals surface area contributed by atoms with Gasteiger partial charge in [0.2, 0.25) is 5.88 Å². The molecular formula is C16H20N2O. The Morgan fingerprint density at radius 3 is 2.79 bits per heavy atom. The molecule has 0 bridgehead atoms. The second-order valence-corrected chi connectivity index (χ2v) is 4.81. The van der Waals surface area contributed by atoms with Gasteiger partial charge in [-0.2, -0.15) is 0 Å².